The van der Waals surface area contributed by atoms with Gasteiger partial charge in [-0.15, -0.1) is 0 Å². The fraction of sp³-hybridized carbons (Fsp3) is 0.304. The van der Waals surface area contributed by atoms with Crippen molar-refractivity contribution in [1.82, 2.24) is 9.88 Å². The second kappa shape index (κ2) is 7.56. The van der Waals surface area contributed by atoms with E-state index in [2.05, 4.69) is 27.3 Å². The number of para-hydroxylation sites is 1. The van der Waals surface area contributed by atoms with Gasteiger partial charge < -0.3 is 15.1 Å². The average molecular weight is 407 g/mol. The van der Waals surface area contributed by atoms with Crippen LogP contribution in [0.1, 0.15) is 18.4 Å². The van der Waals surface area contributed by atoms with E-state index < -0.39 is 0 Å². The van der Waals surface area contributed by atoms with Crippen molar-refractivity contribution in [3.8, 4) is 0 Å². The van der Waals surface area contributed by atoms with Gasteiger partial charge in [-0.3, -0.25) is 9.78 Å². The molecule has 1 N–H and O–H groups in total. The standard InChI is InChI=1S/C23H23ClN4O/c24-19-4-1-5-21-23(19)26-15-28(21)18-8-11-27(12-9-18)22(29)14-16-6-7-20-17(13-16)3-2-10-25-20/h1-7,10,13,18,26H,8-9,11-12,14-15H2. The highest BCUT2D eigenvalue weighted by molar-refractivity contribution is 6.34. The summed E-state index contributed by atoms with van der Waals surface area (Å²) < 4.78 is 0. The molecule has 5 nitrogen and oxygen atoms in total. The number of piperidine rings is 1. The van der Waals surface area contributed by atoms with Crippen LogP contribution in [0.3, 0.4) is 0 Å². The van der Waals surface area contributed by atoms with E-state index in [-0.39, 0.29) is 5.91 Å². The molecular weight excluding hydrogens is 384 g/mol. The largest absolute Gasteiger partial charge is 0.365 e. The van der Waals surface area contributed by atoms with Crippen LogP contribution in [0, 0.1) is 0 Å². The molecule has 1 saturated heterocycles. The number of pyridine rings is 1. The SMILES string of the molecule is O=C(Cc1ccc2ncccc2c1)N1CCC(N2CNc3c(Cl)cccc32)CC1. The van der Waals surface area contributed by atoms with Gasteiger partial charge in [-0.1, -0.05) is 29.8 Å². The molecule has 0 atom stereocenters. The number of hydrogen-bond acceptors (Lipinski definition) is 4. The Hall–Kier alpha value is -2.79. The predicted octanol–water partition coefficient (Wildman–Crippen LogP) is 4.31. The maximum absolute atomic E-state index is 12.8. The molecule has 2 aromatic carbocycles. The lowest BCUT2D eigenvalue weighted by Gasteiger charge is -2.37. The Morgan fingerprint density at radius 2 is 2.00 bits per heavy atom. The number of nitrogens with one attached hydrogen (secondary N) is 1. The maximum Gasteiger partial charge on any atom is 0.226 e. The third kappa shape index (κ3) is 3.51. The minimum Gasteiger partial charge on any atom is -0.365 e. The number of carbonyl (C=O) groups excluding carboxylic acids is 1. The highest BCUT2D eigenvalue weighted by Crippen LogP contribution is 2.39. The average Bonchev–Trinajstić information content (AvgIpc) is 3.19. The number of benzene rings is 2. The number of likely N-dealkylation sites (tertiary alicyclic amines) is 1. The highest BCUT2D eigenvalue weighted by atomic mass is 35.5. The van der Waals surface area contributed by atoms with Crippen molar-refractivity contribution in [2.24, 2.45) is 0 Å². The third-order valence-electron chi connectivity index (χ3n) is 6.01. The zero-order valence-electron chi connectivity index (χ0n) is 16.1. The van der Waals surface area contributed by atoms with Crippen LogP contribution in [0.2, 0.25) is 5.02 Å². The molecule has 0 aliphatic carbocycles. The summed E-state index contributed by atoms with van der Waals surface area (Å²) in [5, 5.41) is 5.25. The summed E-state index contributed by atoms with van der Waals surface area (Å²) in [5.41, 5.74) is 4.21. The van der Waals surface area contributed by atoms with Crippen molar-refractivity contribution in [3.05, 3.63) is 65.3 Å². The lowest BCUT2D eigenvalue weighted by molar-refractivity contribution is -0.131. The van der Waals surface area contributed by atoms with E-state index in [1.54, 1.807) is 6.20 Å². The number of nitrogens with zero attached hydrogens (tertiary/aromatic N) is 3. The fourth-order valence-electron chi connectivity index (χ4n) is 4.45. The number of rotatable bonds is 3. The number of aromatic nitrogens is 1. The van der Waals surface area contributed by atoms with E-state index in [4.69, 9.17) is 11.6 Å². The molecule has 1 aromatic heterocycles. The van der Waals surface area contributed by atoms with E-state index in [0.29, 0.717) is 12.5 Å². The number of carbonyl (C=O) groups is 1. The van der Waals surface area contributed by atoms with Crippen LogP contribution in [0.25, 0.3) is 10.9 Å². The van der Waals surface area contributed by atoms with Gasteiger partial charge in [0.05, 0.1) is 35.0 Å². The molecule has 5 rings (SSSR count). The van der Waals surface area contributed by atoms with Gasteiger partial charge in [0.1, 0.15) is 0 Å². The van der Waals surface area contributed by atoms with E-state index >= 15 is 0 Å². The molecule has 2 aliphatic heterocycles. The molecule has 3 aromatic rings. The quantitative estimate of drug-likeness (QED) is 0.704. The Morgan fingerprint density at radius 1 is 1.14 bits per heavy atom. The lowest BCUT2D eigenvalue weighted by Crippen LogP contribution is -2.47. The normalized spacial score (nSPS) is 16.7. The summed E-state index contributed by atoms with van der Waals surface area (Å²) in [5.74, 6) is 0.203. The minimum atomic E-state index is 0.203. The van der Waals surface area contributed by atoms with Crippen LogP contribution in [-0.4, -0.2) is 41.6 Å². The van der Waals surface area contributed by atoms with Crippen LogP contribution in [0.5, 0.6) is 0 Å². The van der Waals surface area contributed by atoms with Crippen molar-refractivity contribution in [2.45, 2.75) is 25.3 Å². The number of hydrogen-bond donors (Lipinski definition) is 1. The first-order valence-electron chi connectivity index (χ1n) is 10.1. The Labute approximate surface area is 175 Å². The van der Waals surface area contributed by atoms with Crippen molar-refractivity contribution in [1.29, 1.82) is 0 Å². The number of anilines is 2. The van der Waals surface area contributed by atoms with Crippen LogP contribution < -0.4 is 10.2 Å². The van der Waals surface area contributed by atoms with Crippen molar-refractivity contribution >= 4 is 39.8 Å². The smallest absolute Gasteiger partial charge is 0.226 e. The summed E-state index contributed by atoms with van der Waals surface area (Å²) in [6.45, 7) is 2.37. The lowest BCUT2D eigenvalue weighted by atomic mass is 10.0. The monoisotopic (exact) mass is 406 g/mol. The van der Waals surface area contributed by atoms with Gasteiger partial charge in [-0.25, -0.2) is 0 Å². The zero-order valence-corrected chi connectivity index (χ0v) is 16.9. The van der Waals surface area contributed by atoms with Crippen molar-refractivity contribution < 1.29 is 4.79 Å². The summed E-state index contributed by atoms with van der Waals surface area (Å²) in [6, 6.07) is 16.5. The Morgan fingerprint density at radius 3 is 2.86 bits per heavy atom. The predicted molar refractivity (Wildman–Crippen MR) is 117 cm³/mol. The topological polar surface area (TPSA) is 48.5 Å². The summed E-state index contributed by atoms with van der Waals surface area (Å²) in [7, 11) is 0. The van der Waals surface area contributed by atoms with Gasteiger partial charge in [0.2, 0.25) is 5.91 Å². The van der Waals surface area contributed by atoms with Gasteiger partial charge in [-0.2, -0.15) is 0 Å². The van der Waals surface area contributed by atoms with E-state index in [1.165, 1.54) is 5.69 Å². The second-order valence-electron chi connectivity index (χ2n) is 7.76. The summed E-state index contributed by atoms with van der Waals surface area (Å²) in [6.07, 6.45) is 4.18. The molecule has 3 heterocycles. The molecule has 0 spiro atoms. The van der Waals surface area contributed by atoms with Gasteiger partial charge in [0.25, 0.3) is 0 Å². The molecule has 148 valence electrons. The zero-order chi connectivity index (χ0) is 19.8. The first-order valence-corrected chi connectivity index (χ1v) is 10.5. The molecule has 0 bridgehead atoms. The molecule has 2 aliphatic rings. The molecule has 1 fully saturated rings. The van der Waals surface area contributed by atoms with Crippen molar-refractivity contribution in [3.63, 3.8) is 0 Å². The Bertz CT molecular complexity index is 1060. The van der Waals surface area contributed by atoms with Crippen LogP contribution in [0.15, 0.2) is 54.7 Å². The molecule has 1 amide bonds. The van der Waals surface area contributed by atoms with Gasteiger partial charge in [-0.05, 0) is 48.7 Å². The van der Waals surface area contributed by atoms with Crippen LogP contribution in [-0.2, 0) is 11.2 Å². The maximum atomic E-state index is 12.8. The molecular formula is C23H23ClN4O. The fourth-order valence-corrected chi connectivity index (χ4v) is 4.69. The Balaban J connectivity index is 1.22. The number of fused-ring (bicyclic) bond motifs is 2. The molecule has 29 heavy (non-hydrogen) atoms. The van der Waals surface area contributed by atoms with Crippen LogP contribution >= 0.6 is 11.6 Å². The first-order chi connectivity index (χ1) is 14.2. The molecule has 6 heteroatoms. The van der Waals surface area contributed by atoms with Gasteiger partial charge in [0, 0.05) is 30.7 Å². The number of amides is 1. The highest BCUT2D eigenvalue weighted by Gasteiger charge is 2.31. The number of halogens is 1. The van der Waals surface area contributed by atoms with E-state index in [1.807, 2.05) is 41.3 Å². The van der Waals surface area contributed by atoms with Gasteiger partial charge in [0.15, 0.2) is 0 Å². The van der Waals surface area contributed by atoms with Crippen LogP contribution in [0.4, 0.5) is 11.4 Å². The minimum absolute atomic E-state index is 0.203. The van der Waals surface area contributed by atoms with Crippen molar-refractivity contribution in [2.75, 3.05) is 30.0 Å². The van der Waals surface area contributed by atoms with E-state index in [0.717, 1.165) is 59.8 Å². The Kier molecular flexibility index (Phi) is 4.76. The summed E-state index contributed by atoms with van der Waals surface area (Å²) >= 11 is 6.31. The first kappa shape index (κ1) is 18.3. The molecule has 0 radical (unpaired) electrons. The second-order valence-corrected chi connectivity index (χ2v) is 8.17. The third-order valence-corrected chi connectivity index (χ3v) is 6.32. The van der Waals surface area contributed by atoms with Gasteiger partial charge >= 0.3 is 0 Å². The molecule has 0 saturated carbocycles. The summed E-state index contributed by atoms with van der Waals surface area (Å²) in [4.78, 5) is 21.6. The molecule has 0 unspecified atom stereocenters. The van der Waals surface area contributed by atoms with E-state index in [9.17, 15) is 4.79 Å².